The number of benzene rings is 4. The number of carboxylic acid groups (broad SMARTS) is 3. The quantitative estimate of drug-likeness (QED) is 0.0161. The van der Waals surface area contributed by atoms with Crippen LogP contribution in [0.25, 0.3) is 21.7 Å². The zero-order valence-corrected chi connectivity index (χ0v) is 59.9. The number of H-pyrrole nitrogens is 1. The Morgan fingerprint density at radius 2 is 1.09 bits per heavy atom. The number of aliphatic hydroxyl groups excluding tert-OH is 3. The number of carbonyl (C=O) groups is 11. The normalized spacial score (nSPS) is 21.6. The number of hydrogen-bond acceptors (Lipinski definition) is 21. The Morgan fingerprint density at radius 1 is 0.573 bits per heavy atom. The van der Waals surface area contributed by atoms with Crippen molar-refractivity contribution in [2.45, 2.75) is 113 Å². The molecule has 0 saturated carbocycles. The first-order chi connectivity index (χ1) is 48.9. The minimum absolute atomic E-state index is 0. The van der Waals surface area contributed by atoms with Crippen molar-refractivity contribution >= 4 is 108 Å². The number of aromatic amines is 1. The largest absolute Gasteiger partial charge is 2.00 e. The van der Waals surface area contributed by atoms with E-state index in [1.165, 1.54) is 13.8 Å². The number of para-hydroxylation sites is 1. The van der Waals surface area contributed by atoms with E-state index in [1.54, 1.807) is 80.4 Å². The van der Waals surface area contributed by atoms with E-state index in [1.807, 2.05) is 42.5 Å². The van der Waals surface area contributed by atoms with Crippen molar-refractivity contribution in [2.24, 2.45) is 5.73 Å². The molecule has 103 heavy (non-hydrogen) atoms. The van der Waals surface area contributed by atoms with Crippen LogP contribution in [0, 0.1) is 0 Å². The fourth-order valence-corrected chi connectivity index (χ4v) is 14.2. The fraction of sp³-hybridized carbons (Fsp3) is 0.493. The topological polar surface area (TPSA) is 460 Å². The van der Waals surface area contributed by atoms with Gasteiger partial charge in [-0.2, -0.15) is 0 Å². The third-order valence-corrected chi connectivity index (χ3v) is 20.0. The second-order valence-electron chi connectivity index (χ2n) is 25.4. The third-order valence-electron chi connectivity index (χ3n) is 17.5. The number of aliphatic carboxylic acids is 3. The van der Waals surface area contributed by atoms with E-state index in [4.69, 9.17) is 5.73 Å². The minimum atomic E-state index is -1.76. The van der Waals surface area contributed by atoms with Gasteiger partial charge in [0.1, 0.15) is 42.3 Å². The molecule has 0 aliphatic carbocycles. The van der Waals surface area contributed by atoms with Gasteiger partial charge >= 0.3 is 35.0 Å². The smallest absolute Gasteiger partial charge is 0.480 e. The molecule has 0 bridgehead atoms. The summed E-state index contributed by atoms with van der Waals surface area (Å²) in [4.78, 5) is 165. The van der Waals surface area contributed by atoms with E-state index in [2.05, 4.69) is 47.5 Å². The van der Waals surface area contributed by atoms with Crippen molar-refractivity contribution in [3.8, 4) is 0 Å². The van der Waals surface area contributed by atoms with Gasteiger partial charge in [0.15, 0.2) is 0 Å². The van der Waals surface area contributed by atoms with Gasteiger partial charge in [-0.25, -0.2) is 0 Å². The predicted octanol–water partition coefficient (Wildman–Crippen LogP) is -2.02. The van der Waals surface area contributed by atoms with Gasteiger partial charge in [-0.05, 0) is 73.2 Å². The van der Waals surface area contributed by atoms with Gasteiger partial charge in [0.2, 0.25) is 47.3 Å². The van der Waals surface area contributed by atoms with E-state index in [0.29, 0.717) is 34.0 Å². The molecule has 31 nitrogen and oxygen atoms in total. The molecule has 3 heterocycles. The second kappa shape index (κ2) is 42.5. The van der Waals surface area contributed by atoms with Crippen molar-refractivity contribution in [3.63, 3.8) is 0 Å². The maximum absolute atomic E-state index is 15.5. The van der Waals surface area contributed by atoms with Gasteiger partial charge in [-0.3, -0.25) is 72.3 Å². The monoisotopic (exact) mass is 1520 g/mol. The predicted molar refractivity (Wildman–Crippen MR) is 382 cm³/mol. The summed E-state index contributed by atoms with van der Waals surface area (Å²) in [5, 5.41) is 85.1. The second-order valence-corrected chi connectivity index (χ2v) is 28.0. The van der Waals surface area contributed by atoms with Crippen LogP contribution >= 0.6 is 21.6 Å². The molecular weight excluding hydrogens is 1420 g/mol. The van der Waals surface area contributed by atoms with Crippen molar-refractivity contribution in [3.05, 3.63) is 120 Å². The van der Waals surface area contributed by atoms with Crippen LogP contribution in [0.15, 0.2) is 103 Å². The van der Waals surface area contributed by atoms with Crippen LogP contribution < -0.4 is 48.3 Å². The maximum atomic E-state index is 15.5. The Hall–Kier alpha value is -8.25. The number of unbranched alkanes of at least 4 members (excludes halogenated alkanes) is 1. The zero-order chi connectivity index (χ0) is 73.8. The van der Waals surface area contributed by atoms with Gasteiger partial charge in [0.25, 0.3) is 0 Å². The first-order valence-corrected chi connectivity index (χ1v) is 36.3. The third kappa shape index (κ3) is 27.1. The molecule has 563 valence electrons. The van der Waals surface area contributed by atoms with E-state index in [-0.39, 0.29) is 126 Å². The fourth-order valence-electron chi connectivity index (χ4n) is 11.9. The summed E-state index contributed by atoms with van der Waals surface area (Å²) >= 11 is 0. The van der Waals surface area contributed by atoms with Crippen molar-refractivity contribution in [1.82, 2.24) is 67.1 Å². The molecule has 2 fully saturated rings. The van der Waals surface area contributed by atoms with Crippen LogP contribution in [-0.2, 0) is 89.1 Å². The number of aliphatic hydroxyl groups is 3. The molecule has 1 radical (unpaired) electrons. The summed E-state index contributed by atoms with van der Waals surface area (Å²) in [5.74, 6) is -11.3. The molecule has 17 N–H and O–H groups in total. The molecule has 0 unspecified atom stereocenters. The van der Waals surface area contributed by atoms with E-state index in [0.717, 1.165) is 32.4 Å². The number of aromatic nitrogens is 1. The summed E-state index contributed by atoms with van der Waals surface area (Å²) in [6.45, 7) is 1.21. The van der Waals surface area contributed by atoms with E-state index in [9.17, 15) is 64.2 Å². The number of nitrogens with zero attached hydrogens (tertiary/aromatic N) is 4. The average Bonchev–Trinajstić information content (AvgIpc) is 1.79. The van der Waals surface area contributed by atoms with Gasteiger partial charge in [-0.15, -0.1) is 0 Å². The van der Waals surface area contributed by atoms with Gasteiger partial charge in [-0.1, -0.05) is 113 Å². The molecule has 1 aromatic heterocycles. The van der Waals surface area contributed by atoms with E-state index >= 15 is 19.2 Å². The molecule has 2 aliphatic rings. The summed E-state index contributed by atoms with van der Waals surface area (Å²) in [7, 11) is 1.86. The number of hydrogen-bond donors (Lipinski definition) is 16. The van der Waals surface area contributed by atoms with Crippen LogP contribution in [0.3, 0.4) is 0 Å². The Balaban J connectivity index is 0.0000167. The number of amides is 8. The van der Waals surface area contributed by atoms with Crippen molar-refractivity contribution < 1.29 is 100 Å². The number of fused-ring (bicyclic) bond motifs is 2. The van der Waals surface area contributed by atoms with Crippen LogP contribution in [0.5, 0.6) is 0 Å². The molecule has 34 heteroatoms. The molecule has 7 rings (SSSR count). The van der Waals surface area contributed by atoms with Crippen LogP contribution in [0.2, 0.25) is 0 Å². The number of nitrogens with two attached hydrogens (primary N) is 1. The average molecular weight is 1520 g/mol. The van der Waals surface area contributed by atoms with Gasteiger partial charge in [0, 0.05) is 100 Å². The minimum Gasteiger partial charge on any atom is -0.480 e. The molecule has 0 spiro atoms. The Bertz CT molecular complexity index is 3640. The molecule has 2 aliphatic heterocycles. The first kappa shape index (κ1) is 83.7. The molecule has 5 aromatic rings. The first-order valence-electron chi connectivity index (χ1n) is 33.8. The summed E-state index contributed by atoms with van der Waals surface area (Å²) in [5.41, 5.74) is 8.32. The van der Waals surface area contributed by atoms with Gasteiger partial charge < -0.3 is 83.9 Å². The molecule has 8 amide bonds. The Morgan fingerprint density at radius 3 is 1.66 bits per heavy atom. The number of carboxylic acids is 3. The number of carbonyl (C=O) groups excluding carboxylic acids is 8. The van der Waals surface area contributed by atoms with Crippen LogP contribution in [0.4, 0.5) is 0 Å². The maximum Gasteiger partial charge on any atom is 2.00 e. The number of nitrogens with one attached hydrogen (secondary N) is 9. The van der Waals surface area contributed by atoms with Crippen molar-refractivity contribution in [1.29, 1.82) is 0 Å². The van der Waals surface area contributed by atoms with Crippen LogP contribution in [0.1, 0.15) is 49.8 Å². The standard InChI is InChI=1S/C69H94N14O17S2.Cu/c1-42(85)55(39-84)76-68(99)57-41-102-101-40-56(77-64(95)52(31-44-13-4-3-5-14-44)72-58(87)35-80-23-25-81(36-59(88)89)27-29-83(38-61(92)93)30-28-82(26-24-80)37-60(90)91)67(98)75-53(32-46-17-12-16-45-15-6-7-18-48(45)46)66(97)74-54(33-47-34-71-50-20-9-8-19-49(47)50)65(96)73-51(21-10-11-22-70)63(94)79-62(43(2)86)69(100)78-57;/h3-9,12-20,34,42-43,51-57,62,71,84-86H,10-11,21-33,35-41,70H2,1-2H3,(H,72,87)(H,73,96)(H,74,97)(H,75,98)(H,76,99)(H,77,95)(H,78,100)(H,79,94)(H,88,89)(H,90,91)(H,92,93);/q;+2/t42-,43-,51+,52-,53+,54+,55-,56+,57+,62+;/m1./s1/i;1-2. The van der Waals surface area contributed by atoms with E-state index < -0.39 is 152 Å². The zero-order valence-electron chi connectivity index (χ0n) is 57.3. The summed E-state index contributed by atoms with van der Waals surface area (Å²) in [6, 6.07) is 16.5. The molecule has 10 atom stereocenters. The molecule has 2 saturated heterocycles. The Labute approximate surface area is 614 Å². The molecular formula is C69H94CuN14O17S2+2. The summed E-state index contributed by atoms with van der Waals surface area (Å²) in [6.07, 6.45) is -1.11. The SMILES string of the molecule is C[C@@H](O)[C@@H]1NC(=O)[C@H](CCCCN)NC(=O)[C@H](Cc2c[nH]c3ccccc23)NC(=O)[C@H](Cc2cccc3ccccc23)NC(=O)[C@@H](NC(=O)[C@@H](Cc2ccccc2)NC(=O)CN2CCN(CC(=O)O)CCN(CC(=O)O)CCN(CC(=O)O)CC2)CSSC[C@@H](C(=O)N[C@H](CO)[C@@H](C)O)NC1=O.[62Cu+2]. The van der Waals surface area contributed by atoms with Crippen molar-refractivity contribution in [2.75, 3.05) is 103 Å². The Kier molecular flexibility index (Phi) is 34.5. The van der Waals surface area contributed by atoms with Gasteiger partial charge in [0.05, 0.1) is 51.0 Å². The van der Waals surface area contributed by atoms with Crippen LogP contribution in [-0.4, -0.2) is 284 Å². The number of rotatable bonds is 26. The summed E-state index contributed by atoms with van der Waals surface area (Å²) < 4.78 is 0. The molecule has 4 aromatic carbocycles.